The summed E-state index contributed by atoms with van der Waals surface area (Å²) in [4.78, 5) is 23.8. The summed E-state index contributed by atoms with van der Waals surface area (Å²) in [6, 6.07) is 6.88. The first kappa shape index (κ1) is 21.2. The number of halogens is 1. The molecule has 0 saturated heterocycles. The van der Waals surface area contributed by atoms with Gasteiger partial charge < -0.3 is 21.1 Å². The van der Waals surface area contributed by atoms with Crippen molar-refractivity contribution >= 4 is 24.2 Å². The zero-order valence-electron chi connectivity index (χ0n) is 13.8. The monoisotopic (exact) mass is 343 g/mol. The van der Waals surface area contributed by atoms with Crippen LogP contribution in [0.2, 0.25) is 0 Å². The molecule has 0 spiro atoms. The molecule has 0 saturated carbocycles. The molecule has 0 aromatic heterocycles. The van der Waals surface area contributed by atoms with Crippen LogP contribution >= 0.6 is 12.4 Å². The molecule has 130 valence electrons. The summed E-state index contributed by atoms with van der Waals surface area (Å²) in [6.07, 6.45) is 1.46. The lowest BCUT2D eigenvalue weighted by molar-refractivity contribution is -0.126. The molecule has 0 radical (unpaired) electrons. The van der Waals surface area contributed by atoms with Gasteiger partial charge in [0, 0.05) is 18.7 Å². The van der Waals surface area contributed by atoms with Crippen molar-refractivity contribution in [2.45, 2.75) is 32.2 Å². The molecule has 1 rings (SSSR count). The average molecular weight is 344 g/mol. The zero-order valence-corrected chi connectivity index (χ0v) is 14.7. The van der Waals surface area contributed by atoms with Crippen LogP contribution in [0.25, 0.3) is 0 Å². The first-order chi connectivity index (χ1) is 10.4. The van der Waals surface area contributed by atoms with Crippen LogP contribution in [0.15, 0.2) is 24.3 Å². The van der Waals surface area contributed by atoms with Crippen LogP contribution in [0.4, 0.5) is 0 Å². The van der Waals surface area contributed by atoms with Crippen LogP contribution < -0.4 is 21.1 Å². The molecule has 0 aliphatic heterocycles. The minimum Gasteiger partial charge on any atom is -0.497 e. The molecule has 0 bridgehead atoms. The SMILES string of the molecule is CCCC(C)(N)C(=O)NCCNC(=O)c1cccc(OC)c1.Cl. The molecule has 1 atom stereocenters. The molecule has 4 N–H and O–H groups in total. The normalized spacial score (nSPS) is 12.5. The number of amides is 2. The molecule has 2 amide bonds. The summed E-state index contributed by atoms with van der Waals surface area (Å²) in [6.45, 7) is 4.36. The maximum atomic E-state index is 12.0. The van der Waals surface area contributed by atoms with Crippen molar-refractivity contribution in [3.05, 3.63) is 29.8 Å². The fraction of sp³-hybridized carbons (Fsp3) is 0.500. The van der Waals surface area contributed by atoms with Crippen molar-refractivity contribution < 1.29 is 14.3 Å². The van der Waals surface area contributed by atoms with E-state index in [1.54, 1.807) is 38.3 Å². The average Bonchev–Trinajstić information content (AvgIpc) is 2.51. The molecular weight excluding hydrogens is 318 g/mol. The summed E-state index contributed by atoms with van der Waals surface area (Å²) in [7, 11) is 1.55. The Morgan fingerprint density at radius 2 is 1.91 bits per heavy atom. The van der Waals surface area contributed by atoms with Crippen LogP contribution in [0.5, 0.6) is 5.75 Å². The van der Waals surface area contributed by atoms with Crippen LogP contribution in [-0.4, -0.2) is 37.6 Å². The maximum Gasteiger partial charge on any atom is 0.251 e. The lowest BCUT2D eigenvalue weighted by Gasteiger charge is -2.22. The summed E-state index contributed by atoms with van der Waals surface area (Å²) in [5.41, 5.74) is 5.57. The number of benzene rings is 1. The van der Waals surface area contributed by atoms with Crippen LogP contribution in [0, 0.1) is 0 Å². The predicted molar refractivity (Wildman–Crippen MR) is 93.1 cm³/mol. The van der Waals surface area contributed by atoms with E-state index in [0.29, 0.717) is 30.8 Å². The highest BCUT2D eigenvalue weighted by Gasteiger charge is 2.26. The van der Waals surface area contributed by atoms with Crippen molar-refractivity contribution in [1.29, 1.82) is 0 Å². The van der Waals surface area contributed by atoms with Crippen molar-refractivity contribution in [3.63, 3.8) is 0 Å². The molecule has 0 fully saturated rings. The van der Waals surface area contributed by atoms with E-state index in [4.69, 9.17) is 10.5 Å². The molecule has 0 aliphatic carbocycles. The number of carbonyl (C=O) groups excluding carboxylic acids is 2. The van der Waals surface area contributed by atoms with E-state index in [0.717, 1.165) is 6.42 Å². The van der Waals surface area contributed by atoms with E-state index >= 15 is 0 Å². The van der Waals surface area contributed by atoms with E-state index in [1.165, 1.54) is 0 Å². The van der Waals surface area contributed by atoms with Crippen molar-refractivity contribution in [2.75, 3.05) is 20.2 Å². The van der Waals surface area contributed by atoms with Crippen LogP contribution in [-0.2, 0) is 4.79 Å². The Kier molecular flexibility index (Phi) is 9.29. The molecule has 1 aromatic carbocycles. The molecule has 1 aromatic rings. The van der Waals surface area contributed by atoms with Crippen LogP contribution in [0.3, 0.4) is 0 Å². The smallest absolute Gasteiger partial charge is 0.251 e. The Morgan fingerprint density at radius 1 is 1.26 bits per heavy atom. The maximum absolute atomic E-state index is 12.0. The number of hydrogen-bond acceptors (Lipinski definition) is 4. The first-order valence-electron chi connectivity index (χ1n) is 7.40. The van der Waals surface area contributed by atoms with Gasteiger partial charge in [0.2, 0.25) is 5.91 Å². The highest BCUT2D eigenvalue weighted by Crippen LogP contribution is 2.12. The number of nitrogens with two attached hydrogens (primary N) is 1. The summed E-state index contributed by atoms with van der Waals surface area (Å²) >= 11 is 0. The second-order valence-corrected chi connectivity index (χ2v) is 5.41. The van der Waals surface area contributed by atoms with Gasteiger partial charge in [-0.25, -0.2) is 0 Å². The summed E-state index contributed by atoms with van der Waals surface area (Å²) in [5, 5.41) is 5.47. The molecular formula is C16H26ClN3O3. The number of nitrogens with one attached hydrogen (secondary N) is 2. The Hall–Kier alpha value is -1.79. The van der Waals surface area contributed by atoms with E-state index in [-0.39, 0.29) is 24.2 Å². The van der Waals surface area contributed by atoms with Gasteiger partial charge in [0.15, 0.2) is 0 Å². The molecule has 23 heavy (non-hydrogen) atoms. The van der Waals surface area contributed by atoms with Crippen molar-refractivity contribution in [3.8, 4) is 5.75 Å². The zero-order chi connectivity index (χ0) is 16.6. The Bertz CT molecular complexity index is 521. The van der Waals surface area contributed by atoms with E-state index in [2.05, 4.69) is 10.6 Å². The quantitative estimate of drug-likeness (QED) is 0.623. The van der Waals surface area contributed by atoms with Gasteiger partial charge in [-0.3, -0.25) is 9.59 Å². The number of ether oxygens (including phenoxy) is 1. The van der Waals surface area contributed by atoms with Gasteiger partial charge in [0.25, 0.3) is 5.91 Å². The van der Waals surface area contributed by atoms with Gasteiger partial charge in [0.05, 0.1) is 12.6 Å². The van der Waals surface area contributed by atoms with Crippen molar-refractivity contribution in [2.24, 2.45) is 5.73 Å². The van der Waals surface area contributed by atoms with Gasteiger partial charge in [0.1, 0.15) is 5.75 Å². The standard InChI is InChI=1S/C16H25N3O3.ClH/c1-4-8-16(2,17)15(21)19-10-9-18-14(20)12-6-5-7-13(11-12)22-3;/h5-7,11H,4,8-10,17H2,1-3H3,(H,18,20)(H,19,21);1H. The van der Waals surface area contributed by atoms with E-state index in [9.17, 15) is 9.59 Å². The highest BCUT2D eigenvalue weighted by molar-refractivity contribution is 5.94. The van der Waals surface area contributed by atoms with Gasteiger partial charge in [-0.15, -0.1) is 12.4 Å². The van der Waals surface area contributed by atoms with E-state index in [1.807, 2.05) is 6.92 Å². The third kappa shape index (κ3) is 6.88. The van der Waals surface area contributed by atoms with Gasteiger partial charge in [-0.2, -0.15) is 0 Å². The first-order valence-corrected chi connectivity index (χ1v) is 7.40. The predicted octanol–water partition coefficient (Wildman–Crippen LogP) is 1.48. The number of carbonyl (C=O) groups is 2. The molecule has 6 nitrogen and oxygen atoms in total. The Morgan fingerprint density at radius 3 is 2.52 bits per heavy atom. The Labute approximate surface area is 143 Å². The topological polar surface area (TPSA) is 93.5 Å². The number of rotatable bonds is 8. The Balaban J connectivity index is 0.00000484. The van der Waals surface area contributed by atoms with Gasteiger partial charge in [-0.1, -0.05) is 19.4 Å². The molecule has 0 heterocycles. The van der Waals surface area contributed by atoms with Crippen LogP contribution in [0.1, 0.15) is 37.0 Å². The second kappa shape index (κ2) is 10.1. The van der Waals surface area contributed by atoms with Gasteiger partial charge in [-0.05, 0) is 31.5 Å². The fourth-order valence-electron chi connectivity index (χ4n) is 2.05. The minimum atomic E-state index is -0.869. The molecule has 1 unspecified atom stereocenters. The summed E-state index contributed by atoms with van der Waals surface area (Å²) < 4.78 is 5.07. The fourth-order valence-corrected chi connectivity index (χ4v) is 2.05. The second-order valence-electron chi connectivity index (χ2n) is 5.41. The minimum absolute atomic E-state index is 0. The molecule has 7 heteroatoms. The lowest BCUT2D eigenvalue weighted by atomic mass is 9.97. The van der Waals surface area contributed by atoms with Crippen molar-refractivity contribution in [1.82, 2.24) is 10.6 Å². The molecule has 0 aliphatic rings. The number of hydrogen-bond donors (Lipinski definition) is 3. The number of methoxy groups -OCH3 is 1. The van der Waals surface area contributed by atoms with E-state index < -0.39 is 5.54 Å². The third-order valence-electron chi connectivity index (χ3n) is 3.32. The third-order valence-corrected chi connectivity index (χ3v) is 3.32. The van der Waals surface area contributed by atoms with Gasteiger partial charge >= 0.3 is 0 Å². The largest absolute Gasteiger partial charge is 0.497 e. The summed E-state index contributed by atoms with van der Waals surface area (Å²) in [5.74, 6) is 0.210. The highest BCUT2D eigenvalue weighted by atomic mass is 35.5. The lowest BCUT2D eigenvalue weighted by Crippen LogP contribution is -2.52.